The number of carboxylic acid groups (broad SMARTS) is 2. The molecule has 170 valence electrons. The molecule has 6 nitrogen and oxygen atoms in total. The van der Waals surface area contributed by atoms with Crippen molar-refractivity contribution in [3.8, 4) is 11.5 Å². The molecule has 0 saturated heterocycles. The number of carbonyl (C=O) groups is 2. The summed E-state index contributed by atoms with van der Waals surface area (Å²) in [7, 11) is 0. The molecule has 1 aromatic carbocycles. The molecule has 0 bridgehead atoms. The number of hydrogen-bond donors (Lipinski definition) is 2. The van der Waals surface area contributed by atoms with Gasteiger partial charge in [0.1, 0.15) is 22.6 Å². The van der Waals surface area contributed by atoms with E-state index >= 15 is 0 Å². The molecule has 0 heterocycles. The number of carboxylic acids is 2. The normalized spacial score (nSPS) is 10.8. The van der Waals surface area contributed by atoms with Crippen molar-refractivity contribution in [1.29, 1.82) is 0 Å². The third-order valence-electron chi connectivity index (χ3n) is 5.23. The third-order valence-corrected chi connectivity index (χ3v) is 5.23. The molecule has 0 fully saturated rings. The maximum Gasteiger partial charge on any atom is 0.339 e. The lowest BCUT2D eigenvalue weighted by atomic mass is 9.92. The van der Waals surface area contributed by atoms with Gasteiger partial charge in [-0.25, -0.2) is 9.59 Å². The first kappa shape index (κ1) is 25.8. The Kier molecular flexibility index (Phi) is 11.9. The van der Waals surface area contributed by atoms with Gasteiger partial charge in [0.15, 0.2) is 0 Å². The summed E-state index contributed by atoms with van der Waals surface area (Å²) in [4.78, 5) is 24.3. The van der Waals surface area contributed by atoms with Crippen molar-refractivity contribution in [2.24, 2.45) is 0 Å². The molecule has 1 aromatic rings. The van der Waals surface area contributed by atoms with E-state index in [4.69, 9.17) is 9.47 Å². The van der Waals surface area contributed by atoms with Gasteiger partial charge in [-0.15, -0.1) is 0 Å². The van der Waals surface area contributed by atoms with Crippen LogP contribution in [-0.4, -0.2) is 35.4 Å². The Balaban J connectivity index is 3.41. The SMILES string of the molecule is CCCCCCOc1c(CC)c(C(=O)O)c(OCCCCCC)c(CC)c1C(=O)O. The highest BCUT2D eigenvalue weighted by Gasteiger charge is 2.31. The van der Waals surface area contributed by atoms with Crippen molar-refractivity contribution in [2.45, 2.75) is 91.9 Å². The molecule has 2 N–H and O–H groups in total. The molecule has 0 aliphatic rings. The van der Waals surface area contributed by atoms with Crippen LogP contribution >= 0.6 is 0 Å². The summed E-state index contributed by atoms with van der Waals surface area (Å²) in [5.41, 5.74) is 0.879. The number of rotatable bonds is 16. The van der Waals surface area contributed by atoms with Crippen LogP contribution in [0.3, 0.4) is 0 Å². The second kappa shape index (κ2) is 13.9. The molecule has 30 heavy (non-hydrogen) atoms. The fourth-order valence-electron chi connectivity index (χ4n) is 3.65. The maximum absolute atomic E-state index is 12.2. The Morgan fingerprint density at radius 2 is 1.00 bits per heavy atom. The molecular weight excluding hydrogens is 384 g/mol. The molecule has 0 spiro atoms. The minimum absolute atomic E-state index is 0.0402. The van der Waals surface area contributed by atoms with Crippen LogP contribution in [0, 0.1) is 0 Å². The monoisotopic (exact) mass is 422 g/mol. The van der Waals surface area contributed by atoms with Gasteiger partial charge >= 0.3 is 11.9 Å². The fraction of sp³-hybridized carbons (Fsp3) is 0.667. The molecule has 0 aliphatic heterocycles. The van der Waals surface area contributed by atoms with Crippen molar-refractivity contribution in [3.63, 3.8) is 0 Å². The number of unbranched alkanes of at least 4 members (excludes halogenated alkanes) is 6. The average Bonchev–Trinajstić information content (AvgIpc) is 2.72. The van der Waals surface area contributed by atoms with E-state index in [1.807, 2.05) is 13.8 Å². The van der Waals surface area contributed by atoms with Crippen LogP contribution in [0.25, 0.3) is 0 Å². The van der Waals surface area contributed by atoms with E-state index in [0.717, 1.165) is 51.4 Å². The van der Waals surface area contributed by atoms with Gasteiger partial charge in [0.25, 0.3) is 0 Å². The minimum atomic E-state index is -1.11. The maximum atomic E-state index is 12.2. The van der Waals surface area contributed by atoms with Crippen molar-refractivity contribution < 1.29 is 29.3 Å². The van der Waals surface area contributed by atoms with E-state index in [1.54, 1.807) is 0 Å². The van der Waals surface area contributed by atoms with Gasteiger partial charge in [0.05, 0.1) is 13.2 Å². The Bertz CT molecular complexity index is 636. The summed E-state index contributed by atoms with van der Waals surface area (Å²) in [5, 5.41) is 19.9. The van der Waals surface area contributed by atoms with Gasteiger partial charge in [-0.2, -0.15) is 0 Å². The van der Waals surface area contributed by atoms with Crippen LogP contribution in [0.4, 0.5) is 0 Å². The summed E-state index contributed by atoms with van der Waals surface area (Å²) in [6, 6.07) is 0. The first-order chi connectivity index (χ1) is 14.4. The smallest absolute Gasteiger partial charge is 0.339 e. The van der Waals surface area contributed by atoms with E-state index in [1.165, 1.54) is 0 Å². The Morgan fingerprint density at radius 3 is 1.27 bits per heavy atom. The summed E-state index contributed by atoms with van der Waals surface area (Å²) in [6.45, 7) is 8.60. The lowest BCUT2D eigenvalue weighted by Crippen LogP contribution is -2.17. The highest BCUT2D eigenvalue weighted by molar-refractivity contribution is 6.01. The Morgan fingerprint density at radius 1 is 0.633 bits per heavy atom. The molecule has 1 rings (SSSR count). The van der Waals surface area contributed by atoms with Gasteiger partial charge in [-0.1, -0.05) is 66.2 Å². The van der Waals surface area contributed by atoms with E-state index < -0.39 is 11.9 Å². The van der Waals surface area contributed by atoms with E-state index in [9.17, 15) is 19.8 Å². The highest BCUT2D eigenvalue weighted by Crippen LogP contribution is 2.40. The van der Waals surface area contributed by atoms with Gasteiger partial charge < -0.3 is 19.7 Å². The molecule has 6 heteroatoms. The standard InChI is InChI=1S/C24H38O6/c1-5-9-11-13-15-29-21-17(7-3)20(24(27)28)22(30-16-14-12-10-6-2)18(8-4)19(21)23(25)26/h5-16H2,1-4H3,(H,25,26)(H,27,28). The molecule has 0 amide bonds. The molecule has 0 unspecified atom stereocenters. The Labute approximate surface area is 180 Å². The molecule has 0 atom stereocenters. The van der Waals surface area contributed by atoms with Crippen LogP contribution in [-0.2, 0) is 12.8 Å². The first-order valence-corrected chi connectivity index (χ1v) is 11.4. The first-order valence-electron chi connectivity index (χ1n) is 11.4. The minimum Gasteiger partial charge on any atom is -0.492 e. The summed E-state index contributed by atoms with van der Waals surface area (Å²) >= 11 is 0. The number of hydrogen-bond acceptors (Lipinski definition) is 4. The molecule has 0 aromatic heterocycles. The van der Waals surface area contributed by atoms with Gasteiger partial charge in [0, 0.05) is 11.1 Å². The van der Waals surface area contributed by atoms with Crippen LogP contribution in [0.5, 0.6) is 11.5 Å². The summed E-state index contributed by atoms with van der Waals surface area (Å²) < 4.78 is 11.8. The molecular formula is C24H38O6. The lowest BCUT2D eigenvalue weighted by molar-refractivity contribution is 0.0669. The second-order valence-electron chi connectivity index (χ2n) is 7.50. The van der Waals surface area contributed by atoms with Crippen molar-refractivity contribution in [2.75, 3.05) is 13.2 Å². The van der Waals surface area contributed by atoms with Gasteiger partial charge in [-0.3, -0.25) is 0 Å². The highest BCUT2D eigenvalue weighted by atomic mass is 16.5. The summed E-state index contributed by atoms with van der Waals surface area (Å²) in [6.07, 6.45) is 8.64. The second-order valence-corrected chi connectivity index (χ2v) is 7.50. The van der Waals surface area contributed by atoms with Crippen molar-refractivity contribution in [1.82, 2.24) is 0 Å². The molecule has 0 radical (unpaired) electrons. The van der Waals surface area contributed by atoms with Gasteiger partial charge in [-0.05, 0) is 25.7 Å². The van der Waals surface area contributed by atoms with Crippen LogP contribution < -0.4 is 9.47 Å². The average molecular weight is 423 g/mol. The van der Waals surface area contributed by atoms with Crippen LogP contribution in [0.1, 0.15) is 111 Å². The zero-order valence-electron chi connectivity index (χ0n) is 19.0. The van der Waals surface area contributed by atoms with Crippen molar-refractivity contribution in [3.05, 3.63) is 22.3 Å². The van der Waals surface area contributed by atoms with Crippen molar-refractivity contribution >= 4 is 11.9 Å². The summed E-state index contributed by atoms with van der Waals surface area (Å²) in [5.74, 6) is -1.85. The fourth-order valence-corrected chi connectivity index (χ4v) is 3.65. The van der Waals surface area contributed by atoms with Crippen LogP contribution in [0.2, 0.25) is 0 Å². The predicted octanol–water partition coefficient (Wildman–Crippen LogP) is 6.13. The largest absolute Gasteiger partial charge is 0.492 e. The number of aromatic carboxylic acids is 2. The van der Waals surface area contributed by atoms with Gasteiger partial charge in [0.2, 0.25) is 0 Å². The number of benzene rings is 1. The van der Waals surface area contributed by atoms with E-state index in [-0.39, 0.29) is 22.6 Å². The predicted molar refractivity (Wildman–Crippen MR) is 118 cm³/mol. The van der Waals surface area contributed by atoms with E-state index in [0.29, 0.717) is 37.2 Å². The van der Waals surface area contributed by atoms with E-state index in [2.05, 4.69) is 13.8 Å². The topological polar surface area (TPSA) is 93.1 Å². The third kappa shape index (κ3) is 6.92. The molecule has 0 saturated carbocycles. The number of ether oxygens (including phenoxy) is 2. The van der Waals surface area contributed by atoms with Crippen LogP contribution in [0.15, 0.2) is 0 Å². The zero-order valence-corrected chi connectivity index (χ0v) is 19.0. The lowest BCUT2D eigenvalue weighted by Gasteiger charge is -2.23. The Hall–Kier alpha value is -2.24. The zero-order chi connectivity index (χ0) is 22.5. The molecule has 0 aliphatic carbocycles. The quantitative estimate of drug-likeness (QED) is 0.311.